The quantitative estimate of drug-likeness (QED) is 0.677. The van der Waals surface area contributed by atoms with Gasteiger partial charge >= 0.3 is 0 Å². The van der Waals surface area contributed by atoms with Crippen molar-refractivity contribution in [2.45, 2.75) is 19.8 Å². The lowest BCUT2D eigenvalue weighted by molar-refractivity contribution is -0.132. The van der Waals surface area contributed by atoms with E-state index in [-0.39, 0.29) is 30.4 Å². The van der Waals surface area contributed by atoms with E-state index in [4.69, 9.17) is 4.74 Å². The molecule has 0 N–H and O–H groups in total. The molecule has 0 unspecified atom stereocenters. The van der Waals surface area contributed by atoms with E-state index in [0.29, 0.717) is 43.9 Å². The van der Waals surface area contributed by atoms with E-state index in [1.54, 1.807) is 46.2 Å². The van der Waals surface area contributed by atoms with Gasteiger partial charge in [-0.1, -0.05) is 18.2 Å². The van der Waals surface area contributed by atoms with Gasteiger partial charge in [0.2, 0.25) is 5.91 Å². The maximum atomic E-state index is 12.5. The summed E-state index contributed by atoms with van der Waals surface area (Å²) in [6.45, 7) is 4.48. The molecule has 0 saturated carbocycles. The number of ether oxygens (including phenoxy) is 1. The number of nitrogens with zero attached hydrogens (tertiary/aromatic N) is 2. The minimum absolute atomic E-state index is 0.0108. The smallest absolute Gasteiger partial charge is 0.253 e. The Morgan fingerprint density at radius 1 is 0.793 bits per heavy atom. The topological polar surface area (TPSA) is 66.9 Å². The number of hydrogen-bond donors (Lipinski definition) is 0. The lowest BCUT2D eigenvalue weighted by Gasteiger charge is -2.34. The fraction of sp³-hybridized carbons (Fsp3) is 0.348. The maximum Gasteiger partial charge on any atom is 0.253 e. The molecule has 1 aliphatic heterocycles. The van der Waals surface area contributed by atoms with Crippen molar-refractivity contribution in [2.24, 2.45) is 0 Å². The Balaban J connectivity index is 1.45. The summed E-state index contributed by atoms with van der Waals surface area (Å²) in [6, 6.07) is 16.1. The molecule has 6 nitrogen and oxygen atoms in total. The Bertz CT molecular complexity index is 841. The second-order valence-corrected chi connectivity index (χ2v) is 6.92. The Morgan fingerprint density at radius 3 is 2.03 bits per heavy atom. The summed E-state index contributed by atoms with van der Waals surface area (Å²) in [6.07, 6.45) is 0.356. The first kappa shape index (κ1) is 20.6. The van der Waals surface area contributed by atoms with Crippen LogP contribution >= 0.6 is 0 Å². The van der Waals surface area contributed by atoms with Gasteiger partial charge in [-0.05, 0) is 43.3 Å². The van der Waals surface area contributed by atoms with E-state index in [1.807, 2.05) is 25.1 Å². The van der Waals surface area contributed by atoms with E-state index in [9.17, 15) is 14.4 Å². The largest absolute Gasteiger partial charge is 0.494 e. The summed E-state index contributed by atoms with van der Waals surface area (Å²) >= 11 is 0. The van der Waals surface area contributed by atoms with Gasteiger partial charge in [0.15, 0.2) is 5.78 Å². The van der Waals surface area contributed by atoms with E-state index < -0.39 is 0 Å². The average Bonchev–Trinajstić information content (AvgIpc) is 2.78. The molecule has 2 aromatic rings. The van der Waals surface area contributed by atoms with Gasteiger partial charge in [-0.2, -0.15) is 0 Å². The third-order valence-corrected chi connectivity index (χ3v) is 4.99. The summed E-state index contributed by atoms with van der Waals surface area (Å²) in [4.78, 5) is 40.8. The molecule has 0 radical (unpaired) electrons. The van der Waals surface area contributed by atoms with Crippen LogP contribution < -0.4 is 4.74 Å². The van der Waals surface area contributed by atoms with Crippen molar-refractivity contribution >= 4 is 17.6 Å². The zero-order valence-corrected chi connectivity index (χ0v) is 16.7. The van der Waals surface area contributed by atoms with Crippen LogP contribution in [0.5, 0.6) is 5.75 Å². The van der Waals surface area contributed by atoms with Crippen molar-refractivity contribution in [2.75, 3.05) is 32.8 Å². The van der Waals surface area contributed by atoms with Gasteiger partial charge in [-0.25, -0.2) is 0 Å². The van der Waals surface area contributed by atoms with Crippen molar-refractivity contribution in [1.82, 2.24) is 9.80 Å². The molecule has 1 heterocycles. The predicted molar refractivity (Wildman–Crippen MR) is 110 cm³/mol. The summed E-state index contributed by atoms with van der Waals surface area (Å²) in [5, 5.41) is 0. The molecule has 2 aromatic carbocycles. The van der Waals surface area contributed by atoms with Gasteiger partial charge < -0.3 is 14.5 Å². The molecular formula is C23H26N2O4. The van der Waals surface area contributed by atoms with Gasteiger partial charge in [0.25, 0.3) is 5.91 Å². The van der Waals surface area contributed by atoms with E-state index in [0.717, 1.165) is 5.75 Å². The Morgan fingerprint density at radius 2 is 1.41 bits per heavy atom. The van der Waals surface area contributed by atoms with Gasteiger partial charge in [0.1, 0.15) is 5.75 Å². The molecule has 2 amide bonds. The number of carbonyl (C=O) groups excluding carboxylic acids is 3. The Kier molecular flexibility index (Phi) is 7.00. The molecule has 0 aromatic heterocycles. The minimum atomic E-state index is -0.0562. The van der Waals surface area contributed by atoms with Crippen LogP contribution in [0.1, 0.15) is 40.5 Å². The minimum Gasteiger partial charge on any atom is -0.494 e. The molecule has 0 bridgehead atoms. The fourth-order valence-electron chi connectivity index (χ4n) is 3.35. The molecule has 1 fully saturated rings. The highest BCUT2D eigenvalue weighted by molar-refractivity contribution is 5.98. The van der Waals surface area contributed by atoms with Crippen LogP contribution in [0.4, 0.5) is 0 Å². The fourth-order valence-corrected chi connectivity index (χ4v) is 3.35. The molecular weight excluding hydrogens is 368 g/mol. The highest BCUT2D eigenvalue weighted by Gasteiger charge is 2.25. The van der Waals surface area contributed by atoms with Crippen LogP contribution in [-0.2, 0) is 4.79 Å². The summed E-state index contributed by atoms with van der Waals surface area (Å²) < 4.78 is 5.37. The van der Waals surface area contributed by atoms with Crippen LogP contribution in [0.3, 0.4) is 0 Å². The summed E-state index contributed by atoms with van der Waals surface area (Å²) in [5.74, 6) is 0.613. The van der Waals surface area contributed by atoms with Crippen molar-refractivity contribution < 1.29 is 19.1 Å². The van der Waals surface area contributed by atoms with Gasteiger partial charge in [0, 0.05) is 50.1 Å². The number of rotatable bonds is 7. The van der Waals surface area contributed by atoms with Crippen LogP contribution in [0.15, 0.2) is 54.6 Å². The lowest BCUT2D eigenvalue weighted by atomic mass is 10.1. The number of carbonyl (C=O) groups is 3. The second kappa shape index (κ2) is 9.87. The van der Waals surface area contributed by atoms with Crippen LogP contribution in [0.25, 0.3) is 0 Å². The molecule has 1 saturated heterocycles. The van der Waals surface area contributed by atoms with Crippen LogP contribution in [0.2, 0.25) is 0 Å². The van der Waals surface area contributed by atoms with Crippen molar-refractivity contribution in [3.05, 3.63) is 65.7 Å². The van der Waals surface area contributed by atoms with E-state index in [2.05, 4.69) is 0 Å². The first-order valence-electron chi connectivity index (χ1n) is 9.96. The number of benzene rings is 2. The zero-order chi connectivity index (χ0) is 20.6. The monoisotopic (exact) mass is 394 g/mol. The SMILES string of the molecule is CCOc1ccc(C(=O)CCC(=O)N2CCN(C(=O)c3ccccc3)CC2)cc1. The number of Topliss-reactive ketones (excluding diaryl/α,β-unsaturated/α-hetero) is 1. The molecule has 0 spiro atoms. The third-order valence-electron chi connectivity index (χ3n) is 4.99. The first-order valence-corrected chi connectivity index (χ1v) is 9.96. The van der Waals surface area contributed by atoms with Gasteiger partial charge in [-0.3, -0.25) is 14.4 Å². The van der Waals surface area contributed by atoms with Gasteiger partial charge in [-0.15, -0.1) is 0 Å². The summed E-state index contributed by atoms with van der Waals surface area (Å²) in [5.41, 5.74) is 1.24. The number of ketones is 1. The number of hydrogen-bond acceptors (Lipinski definition) is 4. The Hall–Kier alpha value is -3.15. The van der Waals surface area contributed by atoms with Crippen LogP contribution in [0, 0.1) is 0 Å². The van der Waals surface area contributed by atoms with Crippen LogP contribution in [-0.4, -0.2) is 60.2 Å². The van der Waals surface area contributed by atoms with E-state index in [1.165, 1.54) is 0 Å². The molecule has 29 heavy (non-hydrogen) atoms. The van der Waals surface area contributed by atoms with E-state index >= 15 is 0 Å². The molecule has 3 rings (SSSR count). The standard InChI is InChI=1S/C23H26N2O4/c1-2-29-20-10-8-18(9-11-20)21(26)12-13-22(27)24-14-16-25(17-15-24)23(28)19-6-4-3-5-7-19/h3-11H,2,12-17H2,1H3. The molecule has 0 aliphatic carbocycles. The third kappa shape index (κ3) is 5.44. The molecule has 0 atom stereocenters. The average molecular weight is 394 g/mol. The number of piperazine rings is 1. The molecule has 6 heteroatoms. The highest BCUT2D eigenvalue weighted by Crippen LogP contribution is 2.15. The second-order valence-electron chi connectivity index (χ2n) is 6.92. The van der Waals surface area contributed by atoms with Crippen molar-refractivity contribution in [3.63, 3.8) is 0 Å². The molecule has 152 valence electrons. The predicted octanol–water partition coefficient (Wildman–Crippen LogP) is 3.03. The first-order chi connectivity index (χ1) is 14.1. The number of amides is 2. The molecule has 1 aliphatic rings. The highest BCUT2D eigenvalue weighted by atomic mass is 16.5. The normalized spacial score (nSPS) is 13.8. The van der Waals surface area contributed by atoms with Crippen molar-refractivity contribution in [1.29, 1.82) is 0 Å². The van der Waals surface area contributed by atoms with Gasteiger partial charge in [0.05, 0.1) is 6.61 Å². The lowest BCUT2D eigenvalue weighted by Crippen LogP contribution is -2.50. The zero-order valence-electron chi connectivity index (χ0n) is 16.7. The Labute approximate surface area is 171 Å². The maximum absolute atomic E-state index is 12.5. The summed E-state index contributed by atoms with van der Waals surface area (Å²) in [7, 11) is 0. The van der Waals surface area contributed by atoms with Crippen molar-refractivity contribution in [3.8, 4) is 5.75 Å².